The molecule has 0 radical (unpaired) electrons. The molecule has 2 rings (SSSR count). The summed E-state index contributed by atoms with van der Waals surface area (Å²) in [6.45, 7) is 9.65. The summed E-state index contributed by atoms with van der Waals surface area (Å²) >= 11 is 0. The highest BCUT2D eigenvalue weighted by atomic mass is 16.3. The zero-order chi connectivity index (χ0) is 15.2. The van der Waals surface area contributed by atoms with Gasteiger partial charge in [0.25, 0.3) is 0 Å². The second kappa shape index (κ2) is 7.46. The van der Waals surface area contributed by atoms with Crippen molar-refractivity contribution in [1.82, 2.24) is 5.32 Å². The van der Waals surface area contributed by atoms with Crippen LogP contribution in [0.1, 0.15) is 61.8 Å². The van der Waals surface area contributed by atoms with E-state index < -0.39 is 0 Å². The Morgan fingerprint density at radius 1 is 1.05 bits per heavy atom. The first-order valence-electron chi connectivity index (χ1n) is 7.98. The van der Waals surface area contributed by atoms with Crippen LogP contribution in [0.25, 0.3) is 0 Å². The van der Waals surface area contributed by atoms with E-state index >= 15 is 0 Å². The van der Waals surface area contributed by atoms with Gasteiger partial charge in [-0.25, -0.2) is 0 Å². The minimum atomic E-state index is 0.253. The van der Waals surface area contributed by atoms with Crippen molar-refractivity contribution in [3.05, 3.63) is 59.0 Å². The molecule has 0 saturated carbocycles. The van der Waals surface area contributed by atoms with Crippen molar-refractivity contribution in [2.24, 2.45) is 0 Å². The number of hydrogen-bond donors (Lipinski definition) is 1. The van der Waals surface area contributed by atoms with Gasteiger partial charge in [-0.05, 0) is 55.5 Å². The molecule has 0 aliphatic rings. The van der Waals surface area contributed by atoms with Crippen molar-refractivity contribution in [2.75, 3.05) is 6.54 Å². The Balaban J connectivity index is 2.10. The minimum absolute atomic E-state index is 0.253. The number of hydrogen-bond acceptors (Lipinski definition) is 2. The van der Waals surface area contributed by atoms with Crippen LogP contribution in [-0.2, 0) is 6.42 Å². The average Bonchev–Trinajstić information content (AvgIpc) is 2.90. The Morgan fingerprint density at radius 3 is 2.29 bits per heavy atom. The van der Waals surface area contributed by atoms with Crippen molar-refractivity contribution in [3.8, 4) is 0 Å². The lowest BCUT2D eigenvalue weighted by Gasteiger charge is -2.17. The molecule has 0 bridgehead atoms. The van der Waals surface area contributed by atoms with Crippen LogP contribution in [0.4, 0.5) is 0 Å². The van der Waals surface area contributed by atoms with Gasteiger partial charge in [0.2, 0.25) is 0 Å². The van der Waals surface area contributed by atoms with Crippen LogP contribution < -0.4 is 5.32 Å². The van der Waals surface area contributed by atoms with Gasteiger partial charge in [0.05, 0.1) is 6.04 Å². The molecule has 0 aliphatic heterocycles. The third-order valence-corrected chi connectivity index (χ3v) is 3.83. The van der Waals surface area contributed by atoms with Crippen LogP contribution in [0.5, 0.6) is 0 Å². The van der Waals surface area contributed by atoms with Gasteiger partial charge < -0.3 is 9.73 Å². The number of nitrogens with one attached hydrogen (secondary N) is 1. The van der Waals surface area contributed by atoms with E-state index in [1.807, 2.05) is 13.0 Å². The first-order chi connectivity index (χ1) is 10.1. The lowest BCUT2D eigenvalue weighted by molar-refractivity contribution is 0.398. The van der Waals surface area contributed by atoms with Gasteiger partial charge in [0.1, 0.15) is 11.5 Å². The molecular weight excluding hydrogens is 258 g/mol. The molecule has 2 heteroatoms. The summed E-state index contributed by atoms with van der Waals surface area (Å²) in [5.41, 5.74) is 2.74. The number of aryl methyl sites for hydroxylation is 1. The van der Waals surface area contributed by atoms with Crippen LogP contribution in [0, 0.1) is 6.92 Å². The first-order valence-corrected chi connectivity index (χ1v) is 7.98. The summed E-state index contributed by atoms with van der Waals surface area (Å²) in [5.74, 6) is 2.60. The van der Waals surface area contributed by atoms with Crippen molar-refractivity contribution in [2.45, 2.75) is 52.5 Å². The quantitative estimate of drug-likeness (QED) is 0.775. The Morgan fingerprint density at radius 2 is 1.76 bits per heavy atom. The summed E-state index contributed by atoms with van der Waals surface area (Å²) in [6, 6.07) is 13.3. The third-order valence-electron chi connectivity index (χ3n) is 3.83. The summed E-state index contributed by atoms with van der Waals surface area (Å²) < 4.78 is 5.81. The summed E-state index contributed by atoms with van der Waals surface area (Å²) in [7, 11) is 0. The van der Waals surface area contributed by atoms with E-state index in [1.54, 1.807) is 0 Å². The molecule has 114 valence electrons. The predicted octanol–water partition coefficient (Wildman–Crippen LogP) is 4.99. The van der Waals surface area contributed by atoms with E-state index in [0.29, 0.717) is 5.92 Å². The molecule has 2 aromatic rings. The molecular formula is C19H27NO. The Labute approximate surface area is 128 Å². The normalized spacial score (nSPS) is 12.8. The largest absolute Gasteiger partial charge is 0.465 e. The van der Waals surface area contributed by atoms with Gasteiger partial charge in [0, 0.05) is 0 Å². The molecule has 1 unspecified atom stereocenters. The molecule has 0 spiro atoms. The zero-order valence-corrected chi connectivity index (χ0v) is 13.6. The van der Waals surface area contributed by atoms with E-state index in [1.165, 1.54) is 11.1 Å². The molecule has 0 amide bonds. The van der Waals surface area contributed by atoms with Gasteiger partial charge in [-0.15, -0.1) is 0 Å². The maximum atomic E-state index is 5.81. The molecule has 0 saturated heterocycles. The first kappa shape index (κ1) is 15.8. The number of benzene rings is 1. The molecule has 1 N–H and O–H groups in total. The second-order valence-corrected chi connectivity index (χ2v) is 6.06. The SMILES string of the molecule is CCCNC(Cc1ccc(C(C)C)cc1)c1ccc(C)o1. The Bertz CT molecular complexity index is 539. The van der Waals surface area contributed by atoms with Crippen molar-refractivity contribution < 1.29 is 4.42 Å². The van der Waals surface area contributed by atoms with Gasteiger partial charge >= 0.3 is 0 Å². The Hall–Kier alpha value is -1.54. The standard InChI is InChI=1S/C19H27NO/c1-5-12-20-18(19-11-6-15(4)21-19)13-16-7-9-17(10-8-16)14(2)3/h6-11,14,18,20H,5,12-13H2,1-4H3. The fourth-order valence-corrected chi connectivity index (χ4v) is 2.51. The second-order valence-electron chi connectivity index (χ2n) is 6.06. The van der Waals surface area contributed by atoms with Crippen molar-refractivity contribution in [1.29, 1.82) is 0 Å². The van der Waals surface area contributed by atoms with Crippen LogP contribution in [-0.4, -0.2) is 6.54 Å². The highest BCUT2D eigenvalue weighted by Crippen LogP contribution is 2.22. The van der Waals surface area contributed by atoms with Gasteiger partial charge in [-0.1, -0.05) is 45.0 Å². The van der Waals surface area contributed by atoms with E-state index in [2.05, 4.69) is 56.4 Å². The monoisotopic (exact) mass is 285 g/mol. The molecule has 1 atom stereocenters. The lowest BCUT2D eigenvalue weighted by atomic mass is 9.98. The number of furan rings is 1. The summed E-state index contributed by atoms with van der Waals surface area (Å²) in [6.07, 6.45) is 2.09. The van der Waals surface area contributed by atoms with E-state index in [0.717, 1.165) is 30.9 Å². The van der Waals surface area contributed by atoms with E-state index in [4.69, 9.17) is 4.42 Å². The third kappa shape index (κ3) is 4.47. The molecule has 0 fully saturated rings. The van der Waals surface area contributed by atoms with Crippen LogP contribution in [0.15, 0.2) is 40.8 Å². The molecule has 1 heterocycles. The highest BCUT2D eigenvalue weighted by Gasteiger charge is 2.15. The molecule has 2 nitrogen and oxygen atoms in total. The summed E-state index contributed by atoms with van der Waals surface area (Å²) in [5, 5.41) is 3.59. The number of rotatable bonds is 7. The fraction of sp³-hybridized carbons (Fsp3) is 0.474. The van der Waals surface area contributed by atoms with Crippen molar-refractivity contribution in [3.63, 3.8) is 0 Å². The van der Waals surface area contributed by atoms with E-state index in [9.17, 15) is 0 Å². The van der Waals surface area contributed by atoms with Crippen molar-refractivity contribution >= 4 is 0 Å². The van der Waals surface area contributed by atoms with Gasteiger partial charge in [0.15, 0.2) is 0 Å². The topological polar surface area (TPSA) is 25.2 Å². The Kier molecular flexibility index (Phi) is 5.63. The lowest BCUT2D eigenvalue weighted by Crippen LogP contribution is -2.23. The minimum Gasteiger partial charge on any atom is -0.465 e. The predicted molar refractivity (Wildman–Crippen MR) is 88.7 cm³/mol. The van der Waals surface area contributed by atoms with E-state index in [-0.39, 0.29) is 6.04 Å². The van der Waals surface area contributed by atoms with Crippen LogP contribution >= 0.6 is 0 Å². The fourth-order valence-electron chi connectivity index (χ4n) is 2.51. The molecule has 1 aromatic carbocycles. The molecule has 21 heavy (non-hydrogen) atoms. The zero-order valence-electron chi connectivity index (χ0n) is 13.6. The maximum absolute atomic E-state index is 5.81. The maximum Gasteiger partial charge on any atom is 0.121 e. The average molecular weight is 285 g/mol. The van der Waals surface area contributed by atoms with Crippen LogP contribution in [0.3, 0.4) is 0 Å². The molecule has 0 aliphatic carbocycles. The highest BCUT2D eigenvalue weighted by molar-refractivity contribution is 5.26. The smallest absolute Gasteiger partial charge is 0.121 e. The van der Waals surface area contributed by atoms with Gasteiger partial charge in [-0.3, -0.25) is 0 Å². The molecule has 1 aromatic heterocycles. The van der Waals surface area contributed by atoms with Crippen LogP contribution in [0.2, 0.25) is 0 Å². The van der Waals surface area contributed by atoms with Gasteiger partial charge in [-0.2, -0.15) is 0 Å². The summed E-state index contributed by atoms with van der Waals surface area (Å²) in [4.78, 5) is 0.